The van der Waals surface area contributed by atoms with Gasteiger partial charge in [0.1, 0.15) is 0 Å². The molecule has 2 rings (SSSR count). The van der Waals surface area contributed by atoms with E-state index in [9.17, 15) is 4.79 Å². The second-order valence-electron chi connectivity index (χ2n) is 6.17. The fourth-order valence-electron chi connectivity index (χ4n) is 3.29. The lowest BCUT2D eigenvalue weighted by molar-refractivity contribution is -0.126. The number of nitrogens with two attached hydrogens (primary N) is 1. The molecular formula is C14H29Cl2N3OS. The average molecular weight is 358 g/mol. The molecule has 1 saturated heterocycles. The number of thioether (sulfide) groups is 1. The molecule has 4 nitrogen and oxygen atoms in total. The van der Waals surface area contributed by atoms with E-state index in [2.05, 4.69) is 24.3 Å². The van der Waals surface area contributed by atoms with Crippen LogP contribution in [0.1, 0.15) is 25.7 Å². The normalized spacial score (nSPS) is 31.6. The molecule has 2 aliphatic rings. The molecule has 1 amide bonds. The minimum atomic E-state index is 0. The van der Waals surface area contributed by atoms with E-state index in [1.165, 1.54) is 5.75 Å². The molecule has 0 aromatic carbocycles. The number of hydrogen-bond acceptors (Lipinski definition) is 4. The van der Waals surface area contributed by atoms with E-state index in [4.69, 9.17) is 5.73 Å². The molecule has 7 heteroatoms. The van der Waals surface area contributed by atoms with Crippen molar-refractivity contribution in [3.8, 4) is 0 Å². The number of likely N-dealkylation sites (N-methyl/N-ethyl adjacent to an activating group) is 1. The van der Waals surface area contributed by atoms with Gasteiger partial charge in [-0.05, 0) is 51.6 Å². The monoisotopic (exact) mass is 357 g/mol. The number of carbonyl (C=O) groups excluding carboxylic acids is 1. The highest BCUT2D eigenvalue weighted by atomic mass is 35.5. The predicted molar refractivity (Wildman–Crippen MR) is 95.8 cm³/mol. The summed E-state index contributed by atoms with van der Waals surface area (Å²) in [4.78, 5) is 14.6. The van der Waals surface area contributed by atoms with Crippen LogP contribution in [0, 0.1) is 11.8 Å². The molecule has 126 valence electrons. The molecule has 1 aliphatic carbocycles. The van der Waals surface area contributed by atoms with Gasteiger partial charge in [-0.15, -0.1) is 24.8 Å². The van der Waals surface area contributed by atoms with E-state index >= 15 is 0 Å². The van der Waals surface area contributed by atoms with Crippen LogP contribution in [-0.2, 0) is 4.79 Å². The molecule has 1 unspecified atom stereocenters. The molecule has 21 heavy (non-hydrogen) atoms. The number of nitrogens with one attached hydrogen (secondary N) is 1. The topological polar surface area (TPSA) is 58.4 Å². The minimum absolute atomic E-state index is 0. The highest BCUT2D eigenvalue weighted by Gasteiger charge is 2.38. The third-order valence-corrected chi connectivity index (χ3v) is 6.16. The van der Waals surface area contributed by atoms with Crippen LogP contribution >= 0.6 is 36.6 Å². The van der Waals surface area contributed by atoms with E-state index in [1.807, 2.05) is 11.8 Å². The Balaban J connectivity index is 0.00000200. The van der Waals surface area contributed by atoms with Crippen LogP contribution in [0.5, 0.6) is 0 Å². The van der Waals surface area contributed by atoms with Gasteiger partial charge in [-0.2, -0.15) is 11.8 Å². The molecule has 0 radical (unpaired) electrons. The molecule has 3 atom stereocenters. The van der Waals surface area contributed by atoms with Crippen LogP contribution in [0.3, 0.4) is 0 Å². The smallest absolute Gasteiger partial charge is 0.223 e. The van der Waals surface area contributed by atoms with Crippen molar-refractivity contribution in [1.29, 1.82) is 0 Å². The van der Waals surface area contributed by atoms with E-state index in [0.29, 0.717) is 12.5 Å². The first-order valence-corrected chi connectivity index (χ1v) is 8.47. The Morgan fingerprint density at radius 3 is 2.62 bits per heavy atom. The van der Waals surface area contributed by atoms with Gasteiger partial charge in [0.05, 0.1) is 0 Å². The standard InChI is InChI=1S/C14H27N3OS.2ClH/c1-17(2)14(6-7-19-10-14)9-16-13(18)12-5-3-4-11(12)8-15;;/h11-12H,3-10,15H2,1-2H3,(H,16,18);2*1H/t11-,12-,14?;;/m1../s1. The fourth-order valence-corrected chi connectivity index (χ4v) is 4.85. The summed E-state index contributed by atoms with van der Waals surface area (Å²) in [6.07, 6.45) is 4.44. The van der Waals surface area contributed by atoms with Gasteiger partial charge in [0.2, 0.25) is 5.91 Å². The zero-order valence-electron chi connectivity index (χ0n) is 13.0. The third-order valence-electron chi connectivity index (χ3n) is 4.92. The highest BCUT2D eigenvalue weighted by Crippen LogP contribution is 2.33. The number of carbonyl (C=O) groups is 1. The zero-order chi connectivity index (χ0) is 13.9. The summed E-state index contributed by atoms with van der Waals surface area (Å²) in [6, 6.07) is 0. The molecule has 0 aromatic heterocycles. The Kier molecular flexibility index (Phi) is 9.60. The third kappa shape index (κ3) is 4.90. The summed E-state index contributed by atoms with van der Waals surface area (Å²) >= 11 is 1.99. The van der Waals surface area contributed by atoms with E-state index in [-0.39, 0.29) is 42.2 Å². The number of halogens is 2. The maximum atomic E-state index is 12.3. The Bertz CT molecular complexity index is 325. The molecule has 1 heterocycles. The Morgan fingerprint density at radius 2 is 2.10 bits per heavy atom. The van der Waals surface area contributed by atoms with Gasteiger partial charge < -0.3 is 16.0 Å². The van der Waals surface area contributed by atoms with Crippen LogP contribution in [0.25, 0.3) is 0 Å². The largest absolute Gasteiger partial charge is 0.354 e. The van der Waals surface area contributed by atoms with E-state index < -0.39 is 0 Å². The first-order valence-electron chi connectivity index (χ1n) is 7.32. The highest BCUT2D eigenvalue weighted by molar-refractivity contribution is 7.99. The first-order chi connectivity index (χ1) is 9.09. The van der Waals surface area contributed by atoms with Crippen LogP contribution in [0.15, 0.2) is 0 Å². The van der Waals surface area contributed by atoms with Gasteiger partial charge in [0, 0.05) is 23.8 Å². The quantitative estimate of drug-likeness (QED) is 0.786. The fraction of sp³-hybridized carbons (Fsp3) is 0.929. The lowest BCUT2D eigenvalue weighted by Gasteiger charge is -2.36. The number of rotatable bonds is 5. The second-order valence-corrected chi connectivity index (χ2v) is 7.28. The van der Waals surface area contributed by atoms with Gasteiger partial charge in [0.15, 0.2) is 0 Å². The molecule has 0 bridgehead atoms. The van der Waals surface area contributed by atoms with Crippen LogP contribution in [0.4, 0.5) is 0 Å². The van der Waals surface area contributed by atoms with Crippen molar-refractivity contribution in [2.75, 3.05) is 38.7 Å². The van der Waals surface area contributed by atoms with Crippen molar-refractivity contribution in [1.82, 2.24) is 10.2 Å². The predicted octanol–water partition coefficient (Wildman–Crippen LogP) is 1.76. The number of amides is 1. The van der Waals surface area contributed by atoms with Crippen LogP contribution < -0.4 is 11.1 Å². The molecule has 1 saturated carbocycles. The summed E-state index contributed by atoms with van der Waals surface area (Å²) in [5.41, 5.74) is 5.91. The van der Waals surface area contributed by atoms with Crippen molar-refractivity contribution in [3.05, 3.63) is 0 Å². The van der Waals surface area contributed by atoms with Gasteiger partial charge in [-0.25, -0.2) is 0 Å². The molecule has 2 fully saturated rings. The summed E-state index contributed by atoms with van der Waals surface area (Å²) in [7, 11) is 4.24. The minimum Gasteiger partial charge on any atom is -0.354 e. The average Bonchev–Trinajstić information content (AvgIpc) is 3.05. The van der Waals surface area contributed by atoms with Gasteiger partial charge in [-0.3, -0.25) is 4.79 Å². The number of nitrogens with zero attached hydrogens (tertiary/aromatic N) is 1. The van der Waals surface area contributed by atoms with Gasteiger partial charge in [0.25, 0.3) is 0 Å². The molecule has 3 N–H and O–H groups in total. The van der Waals surface area contributed by atoms with Crippen molar-refractivity contribution >= 4 is 42.5 Å². The number of hydrogen-bond donors (Lipinski definition) is 2. The summed E-state index contributed by atoms with van der Waals surface area (Å²) < 4.78 is 0. The lowest BCUT2D eigenvalue weighted by Crippen LogP contribution is -2.54. The van der Waals surface area contributed by atoms with Crippen LogP contribution in [0.2, 0.25) is 0 Å². The molecule has 0 spiro atoms. The Labute approximate surface area is 145 Å². The van der Waals surface area contributed by atoms with Crippen molar-refractivity contribution in [3.63, 3.8) is 0 Å². The summed E-state index contributed by atoms with van der Waals surface area (Å²) in [5, 5.41) is 3.20. The Morgan fingerprint density at radius 1 is 1.38 bits per heavy atom. The van der Waals surface area contributed by atoms with E-state index in [0.717, 1.165) is 38.0 Å². The lowest BCUT2D eigenvalue weighted by atomic mass is 9.93. The Hall–Kier alpha value is 0.320. The maximum absolute atomic E-state index is 12.3. The van der Waals surface area contributed by atoms with Crippen molar-refractivity contribution in [2.45, 2.75) is 31.2 Å². The SMILES string of the molecule is CN(C)C1(CNC(=O)[C@@H]2CCC[C@@H]2CN)CCSC1.Cl.Cl. The maximum Gasteiger partial charge on any atom is 0.223 e. The zero-order valence-corrected chi connectivity index (χ0v) is 15.4. The van der Waals surface area contributed by atoms with Crippen LogP contribution in [-0.4, -0.2) is 55.0 Å². The van der Waals surface area contributed by atoms with E-state index in [1.54, 1.807) is 0 Å². The van der Waals surface area contributed by atoms with Gasteiger partial charge in [-0.1, -0.05) is 6.42 Å². The molecule has 1 aliphatic heterocycles. The first kappa shape index (κ1) is 21.3. The molecular weight excluding hydrogens is 329 g/mol. The summed E-state index contributed by atoms with van der Waals surface area (Å²) in [6.45, 7) is 1.42. The second kappa shape index (κ2) is 9.46. The summed E-state index contributed by atoms with van der Waals surface area (Å²) in [5.74, 6) is 3.09. The van der Waals surface area contributed by atoms with Crippen molar-refractivity contribution < 1.29 is 4.79 Å². The van der Waals surface area contributed by atoms with Gasteiger partial charge >= 0.3 is 0 Å². The van der Waals surface area contributed by atoms with Crippen molar-refractivity contribution in [2.24, 2.45) is 17.6 Å². The molecule has 0 aromatic rings.